The Bertz CT molecular complexity index is 411. The van der Waals surface area contributed by atoms with E-state index in [1.807, 2.05) is 0 Å². The van der Waals surface area contributed by atoms with Crippen LogP contribution in [0.1, 0.15) is 10.4 Å². The first-order valence-corrected chi connectivity index (χ1v) is 3.65. The van der Waals surface area contributed by atoms with Crippen molar-refractivity contribution >= 4 is 18.9 Å². The van der Waals surface area contributed by atoms with Crippen LogP contribution in [-0.2, 0) is 0 Å². The van der Waals surface area contributed by atoms with Crippen molar-refractivity contribution in [3.05, 3.63) is 29.0 Å². The summed E-state index contributed by atoms with van der Waals surface area (Å²) in [7, 11) is -6.00. The van der Waals surface area contributed by atoms with Gasteiger partial charge in [-0.3, -0.25) is 4.98 Å². The minimum atomic E-state index is -6.00. The Hall–Kier alpha value is -2.18. The van der Waals surface area contributed by atoms with Gasteiger partial charge in [0.1, 0.15) is 6.20 Å². The highest BCUT2D eigenvalue weighted by molar-refractivity contribution is 6.50. The summed E-state index contributed by atoms with van der Waals surface area (Å²) in [5, 5.41) is 16.7. The average Bonchev–Trinajstić information content (AvgIpc) is 2.15. The number of nitrogens with zero attached hydrogens (tertiary/aromatic N) is 3. The number of carboxylic acids is 1. The molecule has 16 heavy (non-hydrogen) atoms. The summed E-state index contributed by atoms with van der Waals surface area (Å²) in [5.74, 6) is -1.09. The van der Waals surface area contributed by atoms with Gasteiger partial charge < -0.3 is 22.4 Å². The molecular weight excluding hydrogens is 233 g/mol. The molecular formula is C6H4BF4N3O2. The number of diazo groups is 1. The fourth-order valence-corrected chi connectivity index (χ4v) is 0.599. The lowest BCUT2D eigenvalue weighted by atomic mass is 10.3. The number of hydrogen-bond acceptors (Lipinski definition) is 3. The SMILES string of the molecule is F[B-](F)(F)F.N#[N+]c1cncc(C(=O)O)c1. The van der Waals surface area contributed by atoms with Crippen LogP contribution >= 0.6 is 0 Å². The molecule has 0 aliphatic heterocycles. The Morgan fingerprint density at radius 2 is 1.88 bits per heavy atom. The smallest absolute Gasteiger partial charge is 0.478 e. The van der Waals surface area contributed by atoms with Gasteiger partial charge in [0.25, 0.3) is 0 Å². The minimum Gasteiger partial charge on any atom is -0.478 e. The lowest BCUT2D eigenvalue weighted by Gasteiger charge is -1.94. The van der Waals surface area contributed by atoms with Gasteiger partial charge in [0.2, 0.25) is 5.39 Å². The lowest BCUT2D eigenvalue weighted by molar-refractivity contribution is 0.0696. The molecule has 1 aromatic rings. The maximum absolute atomic E-state index is 10.3. The van der Waals surface area contributed by atoms with Crippen LogP contribution in [0.25, 0.3) is 4.98 Å². The van der Waals surface area contributed by atoms with Crippen molar-refractivity contribution in [2.24, 2.45) is 0 Å². The molecule has 86 valence electrons. The number of carbonyl (C=O) groups is 1. The number of aromatic carboxylic acids is 1. The zero-order valence-corrected chi connectivity index (χ0v) is 7.52. The van der Waals surface area contributed by atoms with Crippen LogP contribution in [0.5, 0.6) is 0 Å². The van der Waals surface area contributed by atoms with Gasteiger partial charge >= 0.3 is 18.9 Å². The van der Waals surface area contributed by atoms with E-state index in [0.29, 0.717) is 0 Å². The van der Waals surface area contributed by atoms with E-state index < -0.39 is 13.2 Å². The summed E-state index contributed by atoms with van der Waals surface area (Å²) < 4.78 is 39.0. The summed E-state index contributed by atoms with van der Waals surface area (Å²) in [6, 6.07) is 1.22. The molecule has 0 saturated heterocycles. The highest BCUT2D eigenvalue weighted by Gasteiger charge is 2.20. The van der Waals surface area contributed by atoms with Crippen LogP contribution in [0, 0.1) is 5.39 Å². The zero-order valence-electron chi connectivity index (χ0n) is 7.52. The molecule has 1 rings (SSSR count). The first kappa shape index (κ1) is 13.8. The number of carboxylic acid groups (broad SMARTS) is 1. The molecule has 0 bridgehead atoms. The van der Waals surface area contributed by atoms with Crippen molar-refractivity contribution in [2.75, 3.05) is 0 Å². The van der Waals surface area contributed by atoms with Crippen molar-refractivity contribution < 1.29 is 27.2 Å². The minimum absolute atomic E-state index is 0.000278. The van der Waals surface area contributed by atoms with E-state index in [2.05, 4.69) is 9.96 Å². The van der Waals surface area contributed by atoms with E-state index in [-0.39, 0.29) is 11.3 Å². The summed E-state index contributed by atoms with van der Waals surface area (Å²) >= 11 is 0. The van der Waals surface area contributed by atoms with Crippen LogP contribution < -0.4 is 0 Å². The molecule has 0 unspecified atom stereocenters. The second-order valence-corrected chi connectivity index (χ2v) is 2.33. The Morgan fingerprint density at radius 3 is 2.25 bits per heavy atom. The molecule has 0 aliphatic rings. The first-order valence-electron chi connectivity index (χ1n) is 3.65. The Balaban J connectivity index is 0.000000385. The largest absolute Gasteiger partial charge is 0.673 e. The van der Waals surface area contributed by atoms with Gasteiger partial charge in [0, 0.05) is 6.20 Å². The molecule has 0 aromatic carbocycles. The molecule has 1 heterocycles. The first-order chi connectivity index (χ1) is 7.24. The maximum atomic E-state index is 10.3. The monoisotopic (exact) mass is 237 g/mol. The van der Waals surface area contributed by atoms with E-state index in [1.165, 1.54) is 18.5 Å². The van der Waals surface area contributed by atoms with Crippen LogP contribution in [0.2, 0.25) is 0 Å². The Labute approximate surface area is 86.5 Å². The van der Waals surface area contributed by atoms with Crippen LogP contribution in [0.3, 0.4) is 0 Å². The Morgan fingerprint density at radius 1 is 1.38 bits per heavy atom. The normalized spacial score (nSPS) is 9.69. The number of pyridine rings is 1. The predicted octanol–water partition coefficient (Wildman–Crippen LogP) is 2.56. The zero-order chi connectivity index (χ0) is 12.8. The summed E-state index contributed by atoms with van der Waals surface area (Å²) in [4.78, 5) is 16.6. The molecule has 0 amide bonds. The van der Waals surface area contributed by atoms with E-state index in [1.54, 1.807) is 0 Å². The summed E-state index contributed by atoms with van der Waals surface area (Å²) in [5.41, 5.74) is 0.130. The molecule has 1 N–H and O–H groups in total. The van der Waals surface area contributed by atoms with Crippen molar-refractivity contribution in [1.82, 2.24) is 4.98 Å². The highest BCUT2D eigenvalue weighted by Crippen LogP contribution is 2.10. The third-order valence-electron chi connectivity index (χ3n) is 1.09. The average molecular weight is 237 g/mol. The lowest BCUT2D eigenvalue weighted by Crippen LogP contribution is -2.02. The molecule has 0 atom stereocenters. The van der Waals surface area contributed by atoms with Gasteiger partial charge in [-0.05, 0) is 0 Å². The van der Waals surface area contributed by atoms with E-state index in [9.17, 15) is 22.1 Å². The van der Waals surface area contributed by atoms with Crippen molar-refractivity contribution in [1.29, 1.82) is 5.39 Å². The highest BCUT2D eigenvalue weighted by atomic mass is 19.5. The topological polar surface area (TPSA) is 78.3 Å². The molecule has 0 spiro atoms. The number of aromatic nitrogens is 1. The second kappa shape index (κ2) is 5.64. The molecule has 0 saturated carbocycles. The van der Waals surface area contributed by atoms with Gasteiger partial charge in [0.15, 0.2) is 4.98 Å². The van der Waals surface area contributed by atoms with Gasteiger partial charge in [-0.1, -0.05) is 0 Å². The van der Waals surface area contributed by atoms with Gasteiger partial charge in [-0.25, -0.2) is 4.79 Å². The summed E-state index contributed by atoms with van der Waals surface area (Å²) in [6.45, 7) is 0. The maximum Gasteiger partial charge on any atom is 0.673 e. The summed E-state index contributed by atoms with van der Waals surface area (Å²) in [6.07, 6.45) is 2.43. The van der Waals surface area contributed by atoms with Gasteiger partial charge in [-0.2, -0.15) is 0 Å². The van der Waals surface area contributed by atoms with Crippen LogP contribution in [0.4, 0.5) is 23.0 Å². The van der Waals surface area contributed by atoms with Crippen LogP contribution in [0.15, 0.2) is 18.5 Å². The van der Waals surface area contributed by atoms with E-state index in [4.69, 9.17) is 10.5 Å². The van der Waals surface area contributed by atoms with E-state index in [0.717, 1.165) is 0 Å². The van der Waals surface area contributed by atoms with Crippen molar-refractivity contribution in [3.63, 3.8) is 0 Å². The van der Waals surface area contributed by atoms with Gasteiger partial charge in [-0.15, -0.1) is 0 Å². The fraction of sp³-hybridized carbons (Fsp3) is 0. The third kappa shape index (κ3) is 7.25. The molecule has 0 radical (unpaired) electrons. The van der Waals surface area contributed by atoms with Crippen molar-refractivity contribution in [2.45, 2.75) is 0 Å². The van der Waals surface area contributed by atoms with E-state index >= 15 is 0 Å². The second-order valence-electron chi connectivity index (χ2n) is 2.33. The number of rotatable bonds is 1. The standard InChI is InChI=1S/C6H3N3O2.BF4/c7-9-5-1-4(6(10)11)2-8-3-5;2-1(3,4)5/h1-3H;/q;-1/p+1. The number of halogens is 4. The quantitative estimate of drug-likeness (QED) is 0.462. The Kier molecular flexibility index (Phi) is 4.88. The molecule has 0 aliphatic carbocycles. The van der Waals surface area contributed by atoms with Gasteiger partial charge in [0.05, 0.1) is 11.6 Å². The molecule has 1 aromatic heterocycles. The number of hydrogen-bond donors (Lipinski definition) is 1. The molecule has 5 nitrogen and oxygen atoms in total. The van der Waals surface area contributed by atoms with Crippen LogP contribution in [-0.4, -0.2) is 23.3 Å². The molecule has 10 heteroatoms. The predicted molar refractivity (Wildman–Crippen MR) is 46.1 cm³/mol. The molecule has 0 fully saturated rings. The van der Waals surface area contributed by atoms with Crippen molar-refractivity contribution in [3.8, 4) is 0 Å². The fourth-order valence-electron chi connectivity index (χ4n) is 0.599. The third-order valence-corrected chi connectivity index (χ3v) is 1.09.